The molecule has 2 aromatic rings. The van der Waals surface area contributed by atoms with Crippen molar-refractivity contribution in [2.24, 2.45) is 0 Å². The summed E-state index contributed by atoms with van der Waals surface area (Å²) in [5, 5.41) is 2.79. The number of thiazole rings is 1. The molecule has 0 aliphatic rings. The Labute approximate surface area is 157 Å². The van der Waals surface area contributed by atoms with Crippen molar-refractivity contribution in [3.63, 3.8) is 0 Å². The van der Waals surface area contributed by atoms with E-state index in [9.17, 15) is 18.4 Å². The van der Waals surface area contributed by atoms with Gasteiger partial charge in [-0.15, -0.1) is 0 Å². The third kappa shape index (κ3) is 5.48. The molecular formula is C17H16F2N2O5S. The molecule has 10 heteroatoms. The number of aromatic nitrogens is 1. The minimum Gasteiger partial charge on any atom is -0.493 e. The molecule has 0 radical (unpaired) electrons. The number of nitrogens with zero attached hydrogens (tertiary/aromatic N) is 1. The first-order valence-electron chi connectivity index (χ1n) is 7.51. The van der Waals surface area contributed by atoms with E-state index in [1.54, 1.807) is 6.92 Å². The molecule has 1 aromatic heterocycles. The van der Waals surface area contributed by atoms with Crippen LogP contribution in [0.2, 0.25) is 0 Å². The van der Waals surface area contributed by atoms with Gasteiger partial charge in [0.15, 0.2) is 16.6 Å². The largest absolute Gasteiger partial charge is 0.493 e. The number of aryl methyl sites for hydroxylation is 1. The summed E-state index contributed by atoms with van der Waals surface area (Å²) in [5.74, 6) is -1.01. The van der Waals surface area contributed by atoms with Crippen LogP contribution in [0.1, 0.15) is 20.9 Å². The Bertz CT molecular complexity index is 867. The third-order valence-corrected chi connectivity index (χ3v) is 4.28. The molecule has 0 aliphatic heterocycles. The van der Waals surface area contributed by atoms with E-state index >= 15 is 0 Å². The molecule has 0 spiro atoms. The molecule has 144 valence electrons. The Morgan fingerprint density at radius 3 is 2.63 bits per heavy atom. The van der Waals surface area contributed by atoms with Crippen LogP contribution in [0.5, 0.6) is 11.5 Å². The zero-order chi connectivity index (χ0) is 20.0. The number of carbonyl (C=O) groups excluding carboxylic acids is 2. The van der Waals surface area contributed by atoms with E-state index in [0.717, 1.165) is 11.3 Å². The van der Waals surface area contributed by atoms with Crippen molar-refractivity contribution in [2.75, 3.05) is 19.5 Å². The van der Waals surface area contributed by atoms with E-state index in [1.165, 1.54) is 44.6 Å². The van der Waals surface area contributed by atoms with Crippen LogP contribution in [0.15, 0.2) is 24.3 Å². The highest BCUT2D eigenvalue weighted by atomic mass is 32.1. The molecule has 0 saturated carbocycles. The second kappa shape index (κ2) is 9.08. The van der Waals surface area contributed by atoms with Crippen LogP contribution < -0.4 is 14.8 Å². The lowest BCUT2D eigenvalue weighted by molar-refractivity contribution is -0.111. The van der Waals surface area contributed by atoms with Crippen molar-refractivity contribution in [1.29, 1.82) is 0 Å². The monoisotopic (exact) mass is 398 g/mol. The van der Waals surface area contributed by atoms with Gasteiger partial charge in [-0.05, 0) is 30.7 Å². The topological polar surface area (TPSA) is 86.8 Å². The van der Waals surface area contributed by atoms with Crippen molar-refractivity contribution < 1.29 is 32.6 Å². The number of benzene rings is 1. The smallest absolute Gasteiger partial charge is 0.387 e. The average Bonchev–Trinajstić information content (AvgIpc) is 2.99. The van der Waals surface area contributed by atoms with Crippen molar-refractivity contribution in [3.05, 3.63) is 40.4 Å². The number of ether oxygens (including phenoxy) is 3. The van der Waals surface area contributed by atoms with Gasteiger partial charge in [0.25, 0.3) is 0 Å². The highest BCUT2D eigenvalue weighted by molar-refractivity contribution is 7.17. The number of hydrogen-bond acceptors (Lipinski definition) is 7. The average molecular weight is 398 g/mol. The number of halogens is 2. The van der Waals surface area contributed by atoms with Crippen molar-refractivity contribution in [3.8, 4) is 11.5 Å². The van der Waals surface area contributed by atoms with Crippen LogP contribution in [0, 0.1) is 6.92 Å². The van der Waals surface area contributed by atoms with Gasteiger partial charge in [-0.25, -0.2) is 9.78 Å². The highest BCUT2D eigenvalue weighted by Crippen LogP contribution is 2.30. The fourth-order valence-corrected chi connectivity index (χ4v) is 2.92. The van der Waals surface area contributed by atoms with Gasteiger partial charge >= 0.3 is 12.6 Å². The Hall–Kier alpha value is -3.01. The molecule has 1 heterocycles. The minimum atomic E-state index is -2.97. The van der Waals surface area contributed by atoms with Gasteiger partial charge in [0.2, 0.25) is 5.91 Å². The summed E-state index contributed by atoms with van der Waals surface area (Å²) in [7, 11) is 2.58. The first kappa shape index (κ1) is 20.3. The maximum absolute atomic E-state index is 12.3. The molecule has 2 rings (SSSR count). The molecule has 1 aromatic carbocycles. The Balaban J connectivity index is 2.07. The number of esters is 1. The lowest BCUT2D eigenvalue weighted by Gasteiger charge is -2.10. The molecule has 0 unspecified atom stereocenters. The van der Waals surface area contributed by atoms with Gasteiger partial charge in [0.05, 0.1) is 19.9 Å². The second-order valence-electron chi connectivity index (χ2n) is 5.04. The normalized spacial score (nSPS) is 10.9. The van der Waals surface area contributed by atoms with E-state index in [2.05, 4.69) is 19.8 Å². The van der Waals surface area contributed by atoms with E-state index < -0.39 is 18.5 Å². The summed E-state index contributed by atoms with van der Waals surface area (Å²) in [6.45, 7) is -1.34. The number of amides is 1. The number of nitrogens with one attached hydrogen (secondary N) is 1. The maximum atomic E-state index is 12.3. The molecule has 0 bridgehead atoms. The van der Waals surface area contributed by atoms with Crippen LogP contribution in [0.25, 0.3) is 6.08 Å². The van der Waals surface area contributed by atoms with E-state index in [1.807, 2.05) is 0 Å². The molecule has 27 heavy (non-hydrogen) atoms. The van der Waals surface area contributed by atoms with E-state index in [0.29, 0.717) is 16.1 Å². The van der Waals surface area contributed by atoms with Crippen LogP contribution >= 0.6 is 11.3 Å². The Morgan fingerprint density at radius 1 is 1.26 bits per heavy atom. The first-order chi connectivity index (χ1) is 12.8. The van der Waals surface area contributed by atoms with Crippen molar-refractivity contribution in [2.45, 2.75) is 13.5 Å². The number of carbonyl (C=O) groups is 2. The predicted octanol–water partition coefficient (Wildman–Crippen LogP) is 3.50. The molecule has 7 nitrogen and oxygen atoms in total. The summed E-state index contributed by atoms with van der Waals surface area (Å²) in [6, 6.07) is 4.26. The van der Waals surface area contributed by atoms with Gasteiger partial charge in [-0.2, -0.15) is 8.78 Å². The summed E-state index contributed by atoms with van der Waals surface area (Å²) in [5.41, 5.74) is 0.986. The van der Waals surface area contributed by atoms with Gasteiger partial charge in [0, 0.05) is 6.08 Å². The molecule has 0 saturated heterocycles. The fourth-order valence-electron chi connectivity index (χ4n) is 2.03. The van der Waals surface area contributed by atoms with Gasteiger partial charge < -0.3 is 14.2 Å². The highest BCUT2D eigenvalue weighted by Gasteiger charge is 2.16. The number of rotatable bonds is 7. The molecule has 0 fully saturated rings. The molecule has 1 amide bonds. The number of hydrogen-bond donors (Lipinski definition) is 1. The van der Waals surface area contributed by atoms with Crippen LogP contribution in [0.3, 0.4) is 0 Å². The molecule has 1 N–H and O–H groups in total. The number of anilines is 1. The van der Waals surface area contributed by atoms with Crippen molar-refractivity contribution in [1.82, 2.24) is 4.98 Å². The summed E-state index contributed by atoms with van der Waals surface area (Å²) < 4.78 is 38.6. The summed E-state index contributed by atoms with van der Waals surface area (Å²) >= 11 is 0.997. The van der Waals surface area contributed by atoms with Gasteiger partial charge in [0.1, 0.15) is 4.88 Å². The first-order valence-corrected chi connectivity index (χ1v) is 8.33. The predicted molar refractivity (Wildman–Crippen MR) is 95.5 cm³/mol. The fraction of sp³-hybridized carbons (Fsp3) is 0.235. The zero-order valence-electron chi connectivity index (χ0n) is 14.6. The van der Waals surface area contributed by atoms with Gasteiger partial charge in [-0.3, -0.25) is 10.1 Å². The minimum absolute atomic E-state index is 0.108. The lowest BCUT2D eigenvalue weighted by atomic mass is 10.2. The molecular weight excluding hydrogens is 382 g/mol. The number of alkyl halides is 2. The summed E-state index contributed by atoms with van der Waals surface area (Å²) in [4.78, 5) is 27.9. The van der Waals surface area contributed by atoms with Crippen LogP contribution in [-0.2, 0) is 9.53 Å². The quantitative estimate of drug-likeness (QED) is 0.567. The Morgan fingerprint density at radius 2 is 2.00 bits per heavy atom. The molecule has 0 aliphatic carbocycles. The third-order valence-electron chi connectivity index (χ3n) is 3.23. The van der Waals surface area contributed by atoms with Crippen molar-refractivity contribution >= 4 is 34.4 Å². The number of methoxy groups -OCH3 is 2. The zero-order valence-corrected chi connectivity index (χ0v) is 15.4. The van der Waals surface area contributed by atoms with Crippen LogP contribution in [-0.4, -0.2) is 37.7 Å². The standard InChI is InChI=1S/C17H16F2N2O5S/c1-9-14(15(23)25-3)27-17(20-9)21-13(22)7-5-10-4-6-11(26-16(18)19)12(8-10)24-2/h4-8,16H,1-3H3,(H,20,21,22)/b7-5+. The summed E-state index contributed by atoms with van der Waals surface area (Å²) in [6.07, 6.45) is 2.70. The Kier molecular flexibility index (Phi) is 6.83. The second-order valence-corrected chi connectivity index (χ2v) is 6.04. The SMILES string of the molecule is COC(=O)c1sc(NC(=O)/C=C/c2ccc(OC(F)F)c(OC)c2)nc1C. The van der Waals surface area contributed by atoms with Crippen LogP contribution in [0.4, 0.5) is 13.9 Å². The lowest BCUT2D eigenvalue weighted by Crippen LogP contribution is -2.07. The van der Waals surface area contributed by atoms with Gasteiger partial charge in [-0.1, -0.05) is 17.4 Å². The van der Waals surface area contributed by atoms with E-state index in [-0.39, 0.29) is 16.6 Å². The molecule has 0 atom stereocenters. The van der Waals surface area contributed by atoms with E-state index in [4.69, 9.17) is 4.74 Å². The maximum Gasteiger partial charge on any atom is 0.387 e.